The van der Waals surface area contributed by atoms with Gasteiger partial charge in [0.05, 0.1) is 11.6 Å². The smallest absolute Gasteiger partial charge is 0.147 e. The van der Waals surface area contributed by atoms with Crippen LogP contribution in [-0.4, -0.2) is 30.9 Å². The van der Waals surface area contributed by atoms with E-state index in [0.717, 1.165) is 30.7 Å². The maximum Gasteiger partial charge on any atom is 0.147 e. The van der Waals surface area contributed by atoms with Crippen molar-refractivity contribution in [1.29, 1.82) is 0 Å². The van der Waals surface area contributed by atoms with Gasteiger partial charge in [-0.2, -0.15) is 0 Å². The highest BCUT2D eigenvalue weighted by Crippen LogP contribution is 2.35. The Morgan fingerprint density at radius 3 is 2.75 bits per heavy atom. The number of hydrogen-bond acceptors (Lipinski definition) is 4. The van der Waals surface area contributed by atoms with Gasteiger partial charge in [-0.25, -0.2) is 0 Å². The van der Waals surface area contributed by atoms with E-state index in [4.69, 9.17) is 4.84 Å². The van der Waals surface area contributed by atoms with Crippen molar-refractivity contribution in [3.05, 3.63) is 12.7 Å². The quantitative estimate of drug-likeness (QED) is 0.323. The number of ketones is 1. The first-order chi connectivity index (χ1) is 9.45. The molecule has 4 heteroatoms. The van der Waals surface area contributed by atoms with Crippen molar-refractivity contribution in [1.82, 2.24) is 0 Å². The highest BCUT2D eigenvalue weighted by Gasteiger charge is 2.40. The van der Waals surface area contributed by atoms with Gasteiger partial charge in [-0.3, -0.25) is 9.79 Å². The van der Waals surface area contributed by atoms with E-state index in [0.29, 0.717) is 13.0 Å². The van der Waals surface area contributed by atoms with Crippen molar-refractivity contribution in [3.63, 3.8) is 0 Å². The predicted octanol–water partition coefficient (Wildman–Crippen LogP) is 3.42. The molecule has 0 bridgehead atoms. The number of carbonyl (C=O) groups is 1. The monoisotopic (exact) mass is 278 g/mol. The molecule has 1 rings (SSSR count). The number of aliphatic imine (C=N–C) groups is 1. The highest BCUT2D eigenvalue weighted by atomic mass is 16.6. The third-order valence-electron chi connectivity index (χ3n) is 3.47. The zero-order valence-electron chi connectivity index (χ0n) is 13.1. The molecular weight excluding hydrogens is 252 g/mol. The van der Waals surface area contributed by atoms with E-state index in [9.17, 15) is 4.79 Å². The number of hydrogen-bond donors (Lipinski definition) is 0. The third kappa shape index (κ3) is 4.29. The summed E-state index contributed by atoms with van der Waals surface area (Å²) >= 11 is 0. The van der Waals surface area contributed by atoms with Crippen LogP contribution in [0.2, 0.25) is 0 Å². The summed E-state index contributed by atoms with van der Waals surface area (Å²) in [7, 11) is 1.76. The van der Waals surface area contributed by atoms with Gasteiger partial charge in [-0.05, 0) is 18.3 Å². The van der Waals surface area contributed by atoms with E-state index >= 15 is 0 Å². The van der Waals surface area contributed by atoms with Crippen LogP contribution in [0, 0.1) is 11.3 Å². The molecule has 1 fully saturated rings. The van der Waals surface area contributed by atoms with Crippen molar-refractivity contribution in [2.24, 2.45) is 21.5 Å². The minimum Gasteiger partial charge on any atom is -0.392 e. The predicted molar refractivity (Wildman–Crippen MR) is 83.4 cm³/mol. The lowest BCUT2D eigenvalue weighted by Gasteiger charge is -2.34. The second kappa shape index (κ2) is 7.36. The van der Waals surface area contributed by atoms with Gasteiger partial charge >= 0.3 is 0 Å². The first kappa shape index (κ1) is 16.6. The van der Waals surface area contributed by atoms with Crippen molar-refractivity contribution in [2.75, 3.05) is 13.7 Å². The topological polar surface area (TPSA) is 51.0 Å². The van der Waals surface area contributed by atoms with E-state index in [1.54, 1.807) is 13.1 Å². The number of oxime groups is 1. The molecule has 0 aliphatic heterocycles. The fraction of sp³-hybridized carbons (Fsp3) is 0.688. The van der Waals surface area contributed by atoms with Crippen LogP contribution < -0.4 is 0 Å². The van der Waals surface area contributed by atoms with Gasteiger partial charge in [0.1, 0.15) is 12.4 Å². The Morgan fingerprint density at radius 2 is 2.20 bits per heavy atom. The van der Waals surface area contributed by atoms with Gasteiger partial charge in [-0.15, -0.1) is 0 Å². The molecule has 0 radical (unpaired) electrons. The Bertz CT molecular complexity index is 422. The number of rotatable bonds is 6. The largest absolute Gasteiger partial charge is 0.392 e. The number of nitrogens with zero attached hydrogens (tertiary/aromatic N) is 2. The summed E-state index contributed by atoms with van der Waals surface area (Å²) in [5.41, 5.74) is 1.72. The highest BCUT2D eigenvalue weighted by molar-refractivity contribution is 6.23. The normalized spacial score (nSPS) is 24.8. The molecule has 0 aromatic heterocycles. The Balaban J connectivity index is 3.01. The van der Waals surface area contributed by atoms with Crippen molar-refractivity contribution >= 4 is 17.2 Å². The van der Waals surface area contributed by atoms with E-state index in [1.165, 1.54) is 0 Å². The Hall–Kier alpha value is -1.45. The van der Waals surface area contributed by atoms with E-state index in [2.05, 4.69) is 37.5 Å². The zero-order valence-corrected chi connectivity index (χ0v) is 13.1. The van der Waals surface area contributed by atoms with Crippen LogP contribution >= 0.6 is 0 Å². The molecule has 0 spiro atoms. The molecule has 1 saturated carbocycles. The van der Waals surface area contributed by atoms with Crippen LogP contribution in [0.3, 0.4) is 0 Å². The third-order valence-corrected chi connectivity index (χ3v) is 3.47. The molecule has 0 N–H and O–H groups in total. The van der Waals surface area contributed by atoms with Crippen LogP contribution in [0.1, 0.15) is 46.5 Å². The molecule has 0 aromatic carbocycles. The molecule has 0 unspecified atom stereocenters. The average molecular weight is 278 g/mol. The fourth-order valence-electron chi connectivity index (χ4n) is 2.67. The molecule has 0 amide bonds. The molecular formula is C16H26N2O2. The summed E-state index contributed by atoms with van der Waals surface area (Å²) in [6, 6.07) is 0. The van der Waals surface area contributed by atoms with Gasteiger partial charge < -0.3 is 4.84 Å². The lowest BCUT2D eigenvalue weighted by atomic mass is 9.69. The van der Waals surface area contributed by atoms with Gasteiger partial charge in [0.2, 0.25) is 0 Å². The van der Waals surface area contributed by atoms with Gasteiger partial charge in [-0.1, -0.05) is 45.0 Å². The molecule has 1 aliphatic rings. The van der Waals surface area contributed by atoms with Crippen LogP contribution in [0.15, 0.2) is 22.8 Å². The van der Waals surface area contributed by atoms with Crippen molar-refractivity contribution in [3.8, 4) is 0 Å². The molecule has 4 nitrogen and oxygen atoms in total. The Labute approximate surface area is 122 Å². The Kier molecular flexibility index (Phi) is 6.11. The molecule has 112 valence electrons. The molecule has 0 aromatic rings. The van der Waals surface area contributed by atoms with Crippen molar-refractivity contribution in [2.45, 2.75) is 46.5 Å². The molecule has 1 atom stereocenters. The van der Waals surface area contributed by atoms with Crippen LogP contribution in [-0.2, 0) is 9.63 Å². The second-order valence-electron chi connectivity index (χ2n) is 6.05. The van der Waals surface area contributed by atoms with Gasteiger partial charge in [0.15, 0.2) is 0 Å². The standard InChI is InChI=1S/C16H26N2O2/c1-6-8-12(18-20-9-7-2)15-13(17-5)10-16(3,4)11-14(15)19/h7,15H,2,6,8-11H2,1,3-5H3/b17-13?,18-12+/t15-/m1/s1. The summed E-state index contributed by atoms with van der Waals surface area (Å²) < 4.78 is 0. The van der Waals surface area contributed by atoms with Crippen molar-refractivity contribution < 1.29 is 9.63 Å². The maximum absolute atomic E-state index is 12.5. The average Bonchev–Trinajstić information content (AvgIpc) is 2.36. The fourth-order valence-corrected chi connectivity index (χ4v) is 2.67. The lowest BCUT2D eigenvalue weighted by molar-refractivity contribution is -0.122. The second-order valence-corrected chi connectivity index (χ2v) is 6.05. The summed E-state index contributed by atoms with van der Waals surface area (Å²) in [6.45, 7) is 10.2. The van der Waals surface area contributed by atoms with Gasteiger partial charge in [0.25, 0.3) is 0 Å². The zero-order chi connectivity index (χ0) is 15.2. The first-order valence-corrected chi connectivity index (χ1v) is 7.23. The minimum absolute atomic E-state index is 0.0122. The number of carbonyl (C=O) groups excluding carboxylic acids is 1. The molecule has 20 heavy (non-hydrogen) atoms. The van der Waals surface area contributed by atoms with Crippen LogP contribution in [0.25, 0.3) is 0 Å². The summed E-state index contributed by atoms with van der Waals surface area (Å²) in [4.78, 5) is 22.0. The Morgan fingerprint density at radius 1 is 1.50 bits per heavy atom. The summed E-state index contributed by atoms with van der Waals surface area (Å²) in [5, 5.41) is 4.17. The van der Waals surface area contributed by atoms with E-state index in [-0.39, 0.29) is 17.1 Å². The van der Waals surface area contributed by atoms with E-state index in [1.807, 2.05) is 0 Å². The number of Topliss-reactive ketones (excluding diaryl/α,β-unsaturated/α-hetero) is 1. The first-order valence-electron chi connectivity index (χ1n) is 7.23. The molecule has 1 aliphatic carbocycles. The minimum atomic E-state index is -0.294. The lowest BCUT2D eigenvalue weighted by Crippen LogP contribution is -2.42. The SMILES string of the molecule is C=CCO/N=C(\CCC)[C@H]1C(=O)CC(C)(C)CC1=NC. The van der Waals surface area contributed by atoms with Crippen LogP contribution in [0.4, 0.5) is 0 Å². The maximum atomic E-state index is 12.5. The summed E-state index contributed by atoms with van der Waals surface area (Å²) in [5.74, 6) is -0.0888. The van der Waals surface area contributed by atoms with Gasteiger partial charge in [0, 0.05) is 19.2 Å². The molecule has 0 saturated heterocycles. The molecule has 0 heterocycles. The van der Waals surface area contributed by atoms with Crippen LogP contribution in [0.5, 0.6) is 0 Å². The summed E-state index contributed by atoms with van der Waals surface area (Å²) in [6.07, 6.45) is 4.74. The van der Waals surface area contributed by atoms with E-state index < -0.39 is 0 Å².